The highest BCUT2D eigenvalue weighted by molar-refractivity contribution is 7.99. The number of benzene rings is 3. The van der Waals surface area contributed by atoms with Crippen molar-refractivity contribution >= 4 is 23.6 Å². The Morgan fingerprint density at radius 2 is 1.76 bits per heavy atom. The SMILES string of the molecule is Cn1nnnc1SCC1CC(c2ccc(CO)cc2)OC(c2ccc(-c3ccccc3CNC(=O)C3CCCN3C(=O)C(F)(F)F)cc2)O1. The Labute approximate surface area is 284 Å². The predicted molar refractivity (Wildman–Crippen MR) is 172 cm³/mol. The van der Waals surface area contributed by atoms with Gasteiger partial charge in [0.05, 0.1) is 18.8 Å². The number of hydrogen-bond donors (Lipinski definition) is 2. The second kappa shape index (κ2) is 15.1. The van der Waals surface area contributed by atoms with Crippen molar-refractivity contribution in [1.82, 2.24) is 30.4 Å². The molecule has 1 aromatic heterocycles. The summed E-state index contributed by atoms with van der Waals surface area (Å²) in [6, 6.07) is 21.6. The smallest absolute Gasteiger partial charge is 0.392 e. The monoisotopic (exact) mass is 696 g/mol. The van der Waals surface area contributed by atoms with Crippen LogP contribution in [0.3, 0.4) is 0 Å². The van der Waals surface area contributed by atoms with Gasteiger partial charge in [-0.3, -0.25) is 9.59 Å². The molecule has 0 bridgehead atoms. The molecular formula is C34H35F3N6O5S. The number of carbonyl (C=O) groups is 2. The second-order valence-electron chi connectivity index (χ2n) is 11.9. The van der Waals surface area contributed by atoms with Crippen molar-refractivity contribution in [2.45, 2.75) is 68.3 Å². The van der Waals surface area contributed by atoms with E-state index in [1.807, 2.05) is 72.8 Å². The van der Waals surface area contributed by atoms with Crippen molar-refractivity contribution in [3.05, 3.63) is 95.1 Å². The number of aryl methyl sites for hydroxylation is 1. The van der Waals surface area contributed by atoms with Gasteiger partial charge in [0.2, 0.25) is 11.1 Å². The highest BCUT2D eigenvalue weighted by Crippen LogP contribution is 2.40. The van der Waals surface area contributed by atoms with Crippen LogP contribution in [-0.2, 0) is 39.3 Å². The van der Waals surface area contributed by atoms with E-state index in [2.05, 4.69) is 20.8 Å². The van der Waals surface area contributed by atoms with Crippen molar-refractivity contribution in [2.24, 2.45) is 7.05 Å². The molecule has 2 saturated heterocycles. The maximum Gasteiger partial charge on any atom is 0.471 e. The highest BCUT2D eigenvalue weighted by atomic mass is 32.2. The van der Waals surface area contributed by atoms with Crippen molar-refractivity contribution in [3.63, 3.8) is 0 Å². The molecule has 2 fully saturated rings. The summed E-state index contributed by atoms with van der Waals surface area (Å²) < 4.78 is 53.7. The van der Waals surface area contributed by atoms with Gasteiger partial charge in [-0.05, 0) is 51.1 Å². The molecule has 2 aliphatic rings. The second-order valence-corrected chi connectivity index (χ2v) is 12.9. The Morgan fingerprint density at radius 3 is 2.45 bits per heavy atom. The van der Waals surface area contributed by atoms with E-state index in [-0.39, 0.29) is 38.3 Å². The average Bonchev–Trinajstić information content (AvgIpc) is 3.78. The van der Waals surface area contributed by atoms with E-state index < -0.39 is 30.3 Å². The lowest BCUT2D eigenvalue weighted by atomic mass is 9.97. The molecule has 0 spiro atoms. The summed E-state index contributed by atoms with van der Waals surface area (Å²) in [7, 11) is 1.78. The van der Waals surface area contributed by atoms with Crippen molar-refractivity contribution in [2.75, 3.05) is 12.3 Å². The number of carbonyl (C=O) groups excluding carboxylic acids is 2. The molecule has 4 unspecified atom stereocenters. The zero-order valence-electron chi connectivity index (χ0n) is 26.5. The summed E-state index contributed by atoms with van der Waals surface area (Å²) in [5, 5.41) is 24.6. The van der Waals surface area contributed by atoms with Crippen LogP contribution in [-0.4, -0.2) is 72.6 Å². The van der Waals surface area contributed by atoms with Gasteiger partial charge in [-0.15, -0.1) is 5.10 Å². The van der Waals surface area contributed by atoms with Gasteiger partial charge in [0.1, 0.15) is 6.04 Å². The van der Waals surface area contributed by atoms with Crippen LogP contribution in [0.15, 0.2) is 78.0 Å². The van der Waals surface area contributed by atoms with Gasteiger partial charge < -0.3 is 24.8 Å². The van der Waals surface area contributed by atoms with E-state index in [4.69, 9.17) is 9.47 Å². The molecular weight excluding hydrogens is 661 g/mol. The standard InChI is InChI=1S/C34H35F3N6O5S/c1-42-33(39-40-41-42)49-20-26-17-29(23-10-8-21(19-44)9-11-23)48-31(47-26)24-14-12-22(13-15-24)27-6-3-2-5-25(27)18-38-30(45)28-7-4-16-43(28)32(46)34(35,36)37/h2-3,5-6,8-15,26,28-29,31,44H,4,7,16-20H2,1H3,(H,38,45). The first-order chi connectivity index (χ1) is 23.6. The van der Waals surface area contributed by atoms with E-state index in [0.29, 0.717) is 28.7 Å². The minimum absolute atomic E-state index is 0.0491. The number of halogens is 3. The number of aromatic nitrogens is 4. The van der Waals surface area contributed by atoms with Crippen LogP contribution < -0.4 is 5.32 Å². The molecule has 4 aromatic rings. The largest absolute Gasteiger partial charge is 0.471 e. The van der Waals surface area contributed by atoms with Crippen LogP contribution >= 0.6 is 11.8 Å². The molecule has 2 N–H and O–H groups in total. The molecule has 3 aromatic carbocycles. The molecule has 0 aliphatic carbocycles. The van der Waals surface area contributed by atoms with E-state index in [1.165, 1.54) is 11.8 Å². The summed E-state index contributed by atoms with van der Waals surface area (Å²) >= 11 is 1.49. The van der Waals surface area contributed by atoms with Gasteiger partial charge >= 0.3 is 12.1 Å². The van der Waals surface area contributed by atoms with Crippen LogP contribution in [0.2, 0.25) is 0 Å². The average molecular weight is 697 g/mol. The van der Waals surface area contributed by atoms with Crippen molar-refractivity contribution < 1.29 is 37.3 Å². The molecule has 6 rings (SSSR count). The van der Waals surface area contributed by atoms with Crippen molar-refractivity contribution in [1.29, 1.82) is 0 Å². The molecule has 15 heteroatoms. The molecule has 49 heavy (non-hydrogen) atoms. The minimum Gasteiger partial charge on any atom is -0.392 e. The first kappa shape index (κ1) is 34.5. The number of nitrogens with one attached hydrogen (secondary N) is 1. The Bertz CT molecular complexity index is 1750. The van der Waals surface area contributed by atoms with E-state index in [1.54, 1.807) is 11.7 Å². The molecule has 0 radical (unpaired) electrons. The third-order valence-electron chi connectivity index (χ3n) is 8.62. The number of thioether (sulfide) groups is 1. The number of aliphatic hydroxyl groups excluding tert-OH is 1. The number of aliphatic hydroxyl groups is 1. The topological polar surface area (TPSA) is 132 Å². The summed E-state index contributed by atoms with van der Waals surface area (Å²) in [5.41, 5.74) is 5.04. The molecule has 11 nitrogen and oxygen atoms in total. The van der Waals surface area contributed by atoms with E-state index >= 15 is 0 Å². The van der Waals surface area contributed by atoms with Crippen LogP contribution in [0.4, 0.5) is 13.2 Å². The normalized spacial score (nSPS) is 21.1. The Hall–Kier alpha value is -4.31. The first-order valence-electron chi connectivity index (χ1n) is 15.8. The van der Waals surface area contributed by atoms with Gasteiger partial charge in [0, 0.05) is 37.9 Å². The lowest BCUT2D eigenvalue weighted by molar-refractivity contribution is -0.245. The summed E-state index contributed by atoms with van der Waals surface area (Å²) in [4.78, 5) is 25.4. The molecule has 2 aliphatic heterocycles. The third kappa shape index (κ3) is 8.12. The molecule has 258 valence electrons. The van der Waals surface area contributed by atoms with Crippen LogP contribution in [0.25, 0.3) is 11.1 Å². The molecule has 3 heterocycles. The fourth-order valence-corrected chi connectivity index (χ4v) is 6.92. The fraction of sp³-hybridized carbons (Fsp3) is 0.382. The number of nitrogens with zero attached hydrogens (tertiary/aromatic N) is 5. The van der Waals surface area contributed by atoms with Gasteiger partial charge in [0.25, 0.3) is 0 Å². The maximum atomic E-state index is 13.1. The van der Waals surface area contributed by atoms with Gasteiger partial charge in [-0.1, -0.05) is 84.6 Å². The lowest BCUT2D eigenvalue weighted by Gasteiger charge is -2.36. The van der Waals surface area contributed by atoms with Crippen LogP contribution in [0.5, 0.6) is 0 Å². The van der Waals surface area contributed by atoms with Gasteiger partial charge in [-0.2, -0.15) is 13.2 Å². The molecule has 2 amide bonds. The number of ether oxygens (including phenoxy) is 2. The molecule has 0 saturated carbocycles. The van der Waals surface area contributed by atoms with Crippen LogP contribution in [0.1, 0.15) is 53.9 Å². The fourth-order valence-electron chi connectivity index (χ4n) is 6.06. The van der Waals surface area contributed by atoms with E-state index in [9.17, 15) is 27.9 Å². The number of alkyl halides is 3. The van der Waals surface area contributed by atoms with Gasteiger partial charge in [0.15, 0.2) is 6.29 Å². The number of rotatable bonds is 10. The van der Waals surface area contributed by atoms with Crippen LogP contribution in [0, 0.1) is 0 Å². The number of amides is 2. The number of hydrogen-bond acceptors (Lipinski definition) is 9. The first-order valence-corrected chi connectivity index (χ1v) is 16.8. The molecule has 4 atom stereocenters. The summed E-state index contributed by atoms with van der Waals surface area (Å²) in [5.74, 6) is -2.01. The number of tetrazole rings is 1. The predicted octanol–water partition coefficient (Wildman–Crippen LogP) is 4.88. The van der Waals surface area contributed by atoms with Gasteiger partial charge in [-0.25, -0.2) is 4.68 Å². The minimum atomic E-state index is -5.03. The Morgan fingerprint density at radius 1 is 1.02 bits per heavy atom. The Kier molecular flexibility index (Phi) is 10.6. The maximum absolute atomic E-state index is 13.1. The van der Waals surface area contributed by atoms with E-state index in [0.717, 1.165) is 33.4 Å². The summed E-state index contributed by atoms with van der Waals surface area (Å²) in [6.07, 6.45) is -5.04. The number of likely N-dealkylation sites (tertiary alicyclic amines) is 1. The quantitative estimate of drug-likeness (QED) is 0.223. The zero-order chi connectivity index (χ0) is 34.5. The Balaban J connectivity index is 1.16. The summed E-state index contributed by atoms with van der Waals surface area (Å²) in [6.45, 7) is -0.0804. The van der Waals surface area contributed by atoms with Crippen molar-refractivity contribution in [3.8, 4) is 11.1 Å². The highest BCUT2D eigenvalue weighted by Gasteiger charge is 2.47. The zero-order valence-corrected chi connectivity index (χ0v) is 27.4. The third-order valence-corrected chi connectivity index (χ3v) is 9.76. The lowest BCUT2D eigenvalue weighted by Crippen LogP contribution is -2.50.